The van der Waals surface area contributed by atoms with E-state index in [1.54, 1.807) is 31.1 Å². The topological polar surface area (TPSA) is 45.2 Å². The molecule has 0 saturated heterocycles. The maximum absolute atomic E-state index is 13.4. The van der Waals surface area contributed by atoms with Crippen LogP contribution in [-0.2, 0) is 0 Å². The van der Waals surface area contributed by atoms with Crippen molar-refractivity contribution in [1.29, 1.82) is 0 Å². The number of amides is 1. The zero-order valence-electron chi connectivity index (χ0n) is 11.0. The van der Waals surface area contributed by atoms with Gasteiger partial charge >= 0.3 is 0 Å². The van der Waals surface area contributed by atoms with Gasteiger partial charge in [-0.25, -0.2) is 13.8 Å². The van der Waals surface area contributed by atoms with Crippen molar-refractivity contribution in [1.82, 2.24) is 4.98 Å². The molecule has 0 unspecified atom stereocenters. The molecule has 1 aromatic carbocycles. The third kappa shape index (κ3) is 3.09. The van der Waals surface area contributed by atoms with Gasteiger partial charge in [0.2, 0.25) is 0 Å². The highest BCUT2D eigenvalue weighted by atomic mass is 19.1. The number of halogens is 2. The first-order valence-electron chi connectivity index (χ1n) is 5.88. The van der Waals surface area contributed by atoms with Gasteiger partial charge in [-0.05, 0) is 24.3 Å². The van der Waals surface area contributed by atoms with E-state index >= 15 is 0 Å². The monoisotopic (exact) mass is 277 g/mol. The number of rotatable bonds is 3. The summed E-state index contributed by atoms with van der Waals surface area (Å²) >= 11 is 0. The van der Waals surface area contributed by atoms with Gasteiger partial charge in [-0.15, -0.1) is 0 Å². The number of aromatic nitrogens is 1. The molecule has 2 aromatic rings. The van der Waals surface area contributed by atoms with Gasteiger partial charge in [0, 0.05) is 20.2 Å². The molecule has 1 N–H and O–H groups in total. The van der Waals surface area contributed by atoms with Crippen molar-refractivity contribution in [2.45, 2.75) is 0 Å². The van der Waals surface area contributed by atoms with Gasteiger partial charge in [-0.2, -0.15) is 0 Å². The summed E-state index contributed by atoms with van der Waals surface area (Å²) in [5, 5.41) is 2.30. The van der Waals surface area contributed by atoms with Gasteiger partial charge in [0.25, 0.3) is 5.91 Å². The van der Waals surface area contributed by atoms with Gasteiger partial charge in [-0.1, -0.05) is 6.07 Å². The molecule has 20 heavy (non-hydrogen) atoms. The van der Waals surface area contributed by atoms with Crippen molar-refractivity contribution < 1.29 is 13.6 Å². The molecule has 0 radical (unpaired) electrons. The molecular formula is C14H13F2N3O. The Morgan fingerprint density at radius 1 is 1.20 bits per heavy atom. The number of benzene rings is 1. The Kier molecular flexibility index (Phi) is 3.93. The van der Waals surface area contributed by atoms with E-state index in [0.717, 1.165) is 18.2 Å². The summed E-state index contributed by atoms with van der Waals surface area (Å²) in [4.78, 5) is 17.8. The molecule has 6 heteroatoms. The Morgan fingerprint density at radius 2 is 1.95 bits per heavy atom. The van der Waals surface area contributed by atoms with Crippen LogP contribution in [0.2, 0.25) is 0 Å². The first-order valence-corrected chi connectivity index (χ1v) is 5.88. The minimum Gasteiger partial charge on any atom is -0.363 e. The fourth-order valence-corrected chi connectivity index (χ4v) is 1.58. The predicted octanol–water partition coefficient (Wildman–Crippen LogP) is 2.68. The average molecular weight is 277 g/mol. The Hall–Kier alpha value is -2.50. The number of hydrogen-bond donors (Lipinski definition) is 1. The van der Waals surface area contributed by atoms with Crippen LogP contribution in [0.4, 0.5) is 20.3 Å². The number of hydrogen-bond acceptors (Lipinski definition) is 3. The summed E-state index contributed by atoms with van der Waals surface area (Å²) in [7, 11) is 3.58. The van der Waals surface area contributed by atoms with E-state index in [0.29, 0.717) is 5.82 Å². The molecule has 2 rings (SSSR count). The van der Waals surface area contributed by atoms with Gasteiger partial charge in [0.05, 0.1) is 5.69 Å². The van der Waals surface area contributed by atoms with Gasteiger partial charge in [0.1, 0.15) is 23.1 Å². The average Bonchev–Trinajstić information content (AvgIpc) is 2.43. The molecule has 0 fully saturated rings. The van der Waals surface area contributed by atoms with Gasteiger partial charge in [0.15, 0.2) is 0 Å². The lowest BCUT2D eigenvalue weighted by molar-refractivity contribution is 0.102. The van der Waals surface area contributed by atoms with E-state index in [9.17, 15) is 13.6 Å². The zero-order chi connectivity index (χ0) is 14.7. The third-order valence-electron chi connectivity index (χ3n) is 2.60. The van der Waals surface area contributed by atoms with Crippen LogP contribution in [0.3, 0.4) is 0 Å². The van der Waals surface area contributed by atoms with Crippen molar-refractivity contribution in [3.63, 3.8) is 0 Å². The SMILES string of the molecule is CN(C)c1cccc(C(=O)Nc2cc(F)ccc2F)n1. The molecule has 0 aliphatic carbocycles. The molecule has 104 valence electrons. The van der Waals surface area contributed by atoms with Gasteiger partial charge < -0.3 is 10.2 Å². The first-order chi connectivity index (χ1) is 9.47. The van der Waals surface area contributed by atoms with Crippen LogP contribution in [0, 0.1) is 11.6 Å². The minimum atomic E-state index is -0.705. The molecule has 0 saturated carbocycles. The van der Waals surface area contributed by atoms with Gasteiger partial charge in [-0.3, -0.25) is 4.79 Å². The molecule has 0 aliphatic rings. The predicted molar refractivity (Wildman–Crippen MR) is 72.9 cm³/mol. The quantitative estimate of drug-likeness (QED) is 0.938. The maximum Gasteiger partial charge on any atom is 0.274 e. The third-order valence-corrected chi connectivity index (χ3v) is 2.60. The number of anilines is 2. The number of carbonyl (C=O) groups is 1. The van der Waals surface area contributed by atoms with E-state index in [1.807, 2.05) is 0 Å². The summed E-state index contributed by atoms with van der Waals surface area (Å²) in [6, 6.07) is 7.76. The Balaban J connectivity index is 2.24. The van der Waals surface area contributed by atoms with Crippen molar-refractivity contribution >= 4 is 17.4 Å². The lowest BCUT2D eigenvalue weighted by Gasteiger charge is -2.12. The van der Waals surface area contributed by atoms with Crippen LogP contribution < -0.4 is 10.2 Å². The van der Waals surface area contributed by atoms with Crippen LogP contribution >= 0.6 is 0 Å². The van der Waals surface area contributed by atoms with E-state index in [4.69, 9.17) is 0 Å². The molecule has 0 atom stereocenters. The van der Waals surface area contributed by atoms with Crippen molar-refractivity contribution in [2.75, 3.05) is 24.3 Å². The second-order valence-electron chi connectivity index (χ2n) is 4.35. The maximum atomic E-state index is 13.4. The summed E-state index contributed by atoms with van der Waals surface area (Å²) in [6.45, 7) is 0. The summed E-state index contributed by atoms with van der Waals surface area (Å²) in [5.74, 6) is -1.34. The Bertz CT molecular complexity index is 644. The highest BCUT2D eigenvalue weighted by Gasteiger charge is 2.12. The Labute approximate surface area is 115 Å². The lowest BCUT2D eigenvalue weighted by Crippen LogP contribution is -2.17. The second-order valence-corrected chi connectivity index (χ2v) is 4.35. The molecule has 0 spiro atoms. The zero-order valence-corrected chi connectivity index (χ0v) is 11.0. The van der Waals surface area contributed by atoms with E-state index in [2.05, 4.69) is 10.3 Å². The molecule has 0 bridgehead atoms. The number of carbonyl (C=O) groups excluding carboxylic acids is 1. The summed E-state index contributed by atoms with van der Waals surface area (Å²) < 4.78 is 26.5. The molecule has 1 amide bonds. The minimum absolute atomic E-state index is 0.125. The summed E-state index contributed by atoms with van der Waals surface area (Å²) in [5.41, 5.74) is -0.0908. The highest BCUT2D eigenvalue weighted by Crippen LogP contribution is 2.16. The fraction of sp³-hybridized carbons (Fsp3) is 0.143. The largest absolute Gasteiger partial charge is 0.363 e. The molecule has 1 aromatic heterocycles. The van der Waals surface area contributed by atoms with Crippen molar-refractivity contribution in [3.05, 3.63) is 53.7 Å². The Morgan fingerprint density at radius 3 is 2.65 bits per heavy atom. The number of nitrogens with zero attached hydrogens (tertiary/aromatic N) is 2. The summed E-state index contributed by atoms with van der Waals surface area (Å²) in [6.07, 6.45) is 0. The highest BCUT2D eigenvalue weighted by molar-refractivity contribution is 6.03. The van der Waals surface area contributed by atoms with Crippen LogP contribution in [0.1, 0.15) is 10.5 Å². The molecular weight excluding hydrogens is 264 g/mol. The molecule has 1 heterocycles. The standard InChI is InChI=1S/C14H13F2N3O/c1-19(2)13-5-3-4-11(17-13)14(20)18-12-8-9(15)6-7-10(12)16/h3-8H,1-2H3,(H,18,20). The van der Waals surface area contributed by atoms with E-state index in [-0.39, 0.29) is 11.4 Å². The van der Waals surface area contributed by atoms with Crippen LogP contribution in [0.25, 0.3) is 0 Å². The molecule has 0 aliphatic heterocycles. The normalized spacial score (nSPS) is 10.2. The first kappa shape index (κ1) is 13.9. The smallest absolute Gasteiger partial charge is 0.274 e. The lowest BCUT2D eigenvalue weighted by atomic mass is 10.2. The fourth-order valence-electron chi connectivity index (χ4n) is 1.58. The molecule has 4 nitrogen and oxygen atoms in total. The second kappa shape index (κ2) is 5.64. The van der Waals surface area contributed by atoms with Crippen molar-refractivity contribution in [2.24, 2.45) is 0 Å². The van der Waals surface area contributed by atoms with Crippen molar-refractivity contribution in [3.8, 4) is 0 Å². The van der Waals surface area contributed by atoms with Crippen LogP contribution in [0.5, 0.6) is 0 Å². The van der Waals surface area contributed by atoms with E-state index < -0.39 is 17.5 Å². The number of nitrogens with one attached hydrogen (secondary N) is 1. The van der Waals surface area contributed by atoms with Crippen LogP contribution in [-0.4, -0.2) is 25.0 Å². The van der Waals surface area contributed by atoms with E-state index in [1.165, 1.54) is 6.07 Å². The number of pyridine rings is 1. The van der Waals surface area contributed by atoms with Crippen LogP contribution in [0.15, 0.2) is 36.4 Å².